The van der Waals surface area contributed by atoms with E-state index in [9.17, 15) is 0 Å². The van der Waals surface area contributed by atoms with Gasteiger partial charge in [0, 0.05) is 30.5 Å². The Kier molecular flexibility index (Phi) is 3.21. The molecule has 0 amide bonds. The van der Waals surface area contributed by atoms with Gasteiger partial charge >= 0.3 is 0 Å². The van der Waals surface area contributed by atoms with Crippen molar-refractivity contribution in [2.45, 2.75) is 13.0 Å². The van der Waals surface area contributed by atoms with Gasteiger partial charge in [0.2, 0.25) is 0 Å². The van der Waals surface area contributed by atoms with Crippen LogP contribution < -0.4 is 5.73 Å². The van der Waals surface area contributed by atoms with Crippen LogP contribution in [0.4, 0.5) is 0 Å². The summed E-state index contributed by atoms with van der Waals surface area (Å²) in [6, 6.07) is 12.4. The van der Waals surface area contributed by atoms with Crippen LogP contribution in [-0.2, 0) is 13.0 Å². The van der Waals surface area contributed by atoms with Crippen molar-refractivity contribution >= 4 is 10.9 Å². The maximum Gasteiger partial charge on any atom is 0.0704 e. The Bertz CT molecular complexity index is 702. The van der Waals surface area contributed by atoms with E-state index in [2.05, 4.69) is 28.2 Å². The number of nitrogens with two attached hydrogens (primary N) is 1. The van der Waals surface area contributed by atoms with Gasteiger partial charge in [0.15, 0.2) is 0 Å². The van der Waals surface area contributed by atoms with Crippen molar-refractivity contribution in [2.24, 2.45) is 5.73 Å². The van der Waals surface area contributed by atoms with Crippen LogP contribution in [0.5, 0.6) is 0 Å². The standard InChI is InChI=1S/C16H15N3/c17-9-13-7-12(10-18-11-13)8-14-5-6-19-16-4-2-1-3-15(14)16/h1-7,10-11H,8-9,17H2. The molecule has 0 aliphatic carbocycles. The van der Waals surface area contributed by atoms with Crippen LogP contribution in [0.3, 0.4) is 0 Å². The second-order valence-corrected chi connectivity index (χ2v) is 4.57. The van der Waals surface area contributed by atoms with Crippen LogP contribution in [0.15, 0.2) is 55.0 Å². The Morgan fingerprint density at radius 2 is 1.84 bits per heavy atom. The molecule has 0 atom stereocenters. The summed E-state index contributed by atoms with van der Waals surface area (Å²) in [5.74, 6) is 0. The molecule has 3 heteroatoms. The molecule has 2 heterocycles. The largest absolute Gasteiger partial charge is 0.326 e. The van der Waals surface area contributed by atoms with Gasteiger partial charge in [0.05, 0.1) is 5.52 Å². The summed E-state index contributed by atoms with van der Waals surface area (Å²) < 4.78 is 0. The molecule has 1 aromatic carbocycles. The second-order valence-electron chi connectivity index (χ2n) is 4.57. The first-order valence-electron chi connectivity index (χ1n) is 6.32. The quantitative estimate of drug-likeness (QED) is 0.776. The highest BCUT2D eigenvalue weighted by molar-refractivity contribution is 5.82. The molecule has 0 spiro atoms. The average Bonchev–Trinajstić information content (AvgIpc) is 2.48. The highest BCUT2D eigenvalue weighted by atomic mass is 14.7. The van der Waals surface area contributed by atoms with E-state index in [-0.39, 0.29) is 0 Å². The monoisotopic (exact) mass is 249 g/mol. The first-order valence-corrected chi connectivity index (χ1v) is 6.32. The van der Waals surface area contributed by atoms with E-state index in [1.165, 1.54) is 16.5 Å². The van der Waals surface area contributed by atoms with Gasteiger partial charge in [-0.25, -0.2) is 0 Å². The van der Waals surface area contributed by atoms with E-state index in [0.717, 1.165) is 17.5 Å². The number of hydrogen-bond donors (Lipinski definition) is 1. The number of rotatable bonds is 3. The molecule has 2 N–H and O–H groups in total. The molecule has 19 heavy (non-hydrogen) atoms. The second kappa shape index (κ2) is 5.16. The van der Waals surface area contributed by atoms with E-state index in [0.29, 0.717) is 6.54 Å². The number of hydrogen-bond acceptors (Lipinski definition) is 3. The maximum absolute atomic E-state index is 5.65. The minimum Gasteiger partial charge on any atom is -0.326 e. The molecular weight excluding hydrogens is 234 g/mol. The van der Waals surface area contributed by atoms with Gasteiger partial charge in [-0.2, -0.15) is 0 Å². The average molecular weight is 249 g/mol. The van der Waals surface area contributed by atoms with Gasteiger partial charge in [0.1, 0.15) is 0 Å². The Morgan fingerprint density at radius 3 is 2.74 bits per heavy atom. The van der Waals surface area contributed by atoms with Crippen LogP contribution in [-0.4, -0.2) is 9.97 Å². The predicted octanol–water partition coefficient (Wildman–Crippen LogP) is 2.68. The lowest BCUT2D eigenvalue weighted by Crippen LogP contribution is -1.99. The molecule has 0 bridgehead atoms. The molecule has 0 unspecified atom stereocenters. The van der Waals surface area contributed by atoms with Crippen molar-refractivity contribution in [2.75, 3.05) is 0 Å². The normalized spacial score (nSPS) is 10.8. The summed E-state index contributed by atoms with van der Waals surface area (Å²) in [4.78, 5) is 8.62. The summed E-state index contributed by atoms with van der Waals surface area (Å²) in [5.41, 5.74) is 10.2. The lowest BCUT2D eigenvalue weighted by Gasteiger charge is -2.07. The third-order valence-electron chi connectivity index (χ3n) is 3.22. The number of para-hydroxylation sites is 1. The zero-order valence-electron chi connectivity index (χ0n) is 10.6. The molecule has 0 aliphatic heterocycles. The van der Waals surface area contributed by atoms with Crippen molar-refractivity contribution in [3.05, 3.63) is 71.7 Å². The fourth-order valence-electron chi connectivity index (χ4n) is 2.28. The zero-order valence-corrected chi connectivity index (χ0v) is 10.6. The van der Waals surface area contributed by atoms with E-state index >= 15 is 0 Å². The summed E-state index contributed by atoms with van der Waals surface area (Å²) in [6.45, 7) is 0.526. The van der Waals surface area contributed by atoms with Gasteiger partial charge in [0.25, 0.3) is 0 Å². The van der Waals surface area contributed by atoms with Crippen LogP contribution in [0.1, 0.15) is 16.7 Å². The highest BCUT2D eigenvalue weighted by Crippen LogP contribution is 2.19. The van der Waals surface area contributed by atoms with Crippen molar-refractivity contribution in [1.82, 2.24) is 9.97 Å². The molecule has 2 aromatic heterocycles. The number of aromatic nitrogens is 2. The summed E-state index contributed by atoms with van der Waals surface area (Å²) >= 11 is 0. The third kappa shape index (κ3) is 2.46. The van der Waals surface area contributed by atoms with Crippen molar-refractivity contribution in [1.29, 1.82) is 0 Å². The predicted molar refractivity (Wildman–Crippen MR) is 76.7 cm³/mol. The fraction of sp³-hybridized carbons (Fsp3) is 0.125. The number of fused-ring (bicyclic) bond motifs is 1. The van der Waals surface area contributed by atoms with Crippen molar-refractivity contribution in [3.63, 3.8) is 0 Å². The van der Waals surface area contributed by atoms with Crippen LogP contribution >= 0.6 is 0 Å². The van der Waals surface area contributed by atoms with E-state index in [4.69, 9.17) is 5.73 Å². The zero-order chi connectivity index (χ0) is 13.1. The maximum atomic E-state index is 5.65. The van der Waals surface area contributed by atoms with Crippen LogP contribution in [0.2, 0.25) is 0 Å². The van der Waals surface area contributed by atoms with Gasteiger partial charge in [-0.05, 0) is 35.2 Å². The SMILES string of the molecule is NCc1cncc(Cc2ccnc3ccccc23)c1. The van der Waals surface area contributed by atoms with Crippen molar-refractivity contribution in [3.8, 4) is 0 Å². The van der Waals surface area contributed by atoms with Gasteiger partial charge in [-0.1, -0.05) is 24.3 Å². The molecule has 0 saturated heterocycles. The first kappa shape index (κ1) is 11.8. The molecule has 3 aromatic rings. The molecule has 94 valence electrons. The Morgan fingerprint density at radius 1 is 1.00 bits per heavy atom. The fourth-order valence-corrected chi connectivity index (χ4v) is 2.28. The summed E-state index contributed by atoms with van der Waals surface area (Å²) in [5, 5.41) is 1.20. The number of pyridine rings is 2. The van der Waals surface area contributed by atoms with Crippen LogP contribution in [0, 0.1) is 0 Å². The van der Waals surface area contributed by atoms with Crippen molar-refractivity contribution < 1.29 is 0 Å². The molecule has 0 fully saturated rings. The molecule has 3 rings (SSSR count). The molecular formula is C16H15N3. The van der Waals surface area contributed by atoms with E-state index < -0.39 is 0 Å². The number of benzene rings is 1. The summed E-state index contributed by atoms with van der Waals surface area (Å²) in [7, 11) is 0. The Hall–Kier alpha value is -2.26. The smallest absolute Gasteiger partial charge is 0.0704 e. The first-order chi connectivity index (χ1) is 9.36. The lowest BCUT2D eigenvalue weighted by molar-refractivity contribution is 1.02. The van der Waals surface area contributed by atoms with Crippen LogP contribution in [0.25, 0.3) is 10.9 Å². The molecule has 0 radical (unpaired) electrons. The Balaban J connectivity index is 2.01. The molecule has 0 aliphatic rings. The molecule has 3 nitrogen and oxygen atoms in total. The minimum absolute atomic E-state index is 0.526. The minimum atomic E-state index is 0.526. The van der Waals surface area contributed by atoms with Gasteiger partial charge in [-0.15, -0.1) is 0 Å². The van der Waals surface area contributed by atoms with E-state index in [1.54, 1.807) is 0 Å². The lowest BCUT2D eigenvalue weighted by atomic mass is 10.0. The summed E-state index contributed by atoms with van der Waals surface area (Å²) in [6.07, 6.45) is 6.42. The number of nitrogens with zero attached hydrogens (tertiary/aromatic N) is 2. The molecule has 0 saturated carbocycles. The highest BCUT2D eigenvalue weighted by Gasteiger charge is 2.03. The topological polar surface area (TPSA) is 51.8 Å². The van der Waals surface area contributed by atoms with Gasteiger partial charge < -0.3 is 5.73 Å². The van der Waals surface area contributed by atoms with Gasteiger partial charge in [-0.3, -0.25) is 9.97 Å². The Labute approximate surface area is 112 Å². The third-order valence-corrected chi connectivity index (χ3v) is 3.22. The van der Waals surface area contributed by atoms with E-state index in [1.807, 2.05) is 36.8 Å².